The molecule has 0 radical (unpaired) electrons. The van der Waals surface area contributed by atoms with E-state index in [-0.39, 0.29) is 178 Å². The maximum Gasteiger partial charge on any atom is 1.00 e. The van der Waals surface area contributed by atoms with Crippen molar-refractivity contribution < 1.29 is 165 Å². The van der Waals surface area contributed by atoms with Gasteiger partial charge in [0.05, 0.1) is 0 Å². The second-order valence-electron chi connectivity index (χ2n) is 0. The summed E-state index contributed by atoms with van der Waals surface area (Å²) in [5.74, 6) is 0. The summed E-state index contributed by atoms with van der Waals surface area (Å²) < 4.78 is 0. The van der Waals surface area contributed by atoms with E-state index in [9.17, 15) is 0 Å². The summed E-state index contributed by atoms with van der Waals surface area (Å²) in [6.45, 7) is 0. The average Bonchev–Trinajstić information content (AvgIpc) is 0. The molecule has 0 unspecified atom stereocenters. The Bertz CT molecular complexity index is 13.7. The average molecular weight is 158 g/mol. The van der Waals surface area contributed by atoms with Crippen LogP contribution in [0.1, 0.15) is 2.85 Å². The number of hydrogen-bond acceptors (Lipinski definition) is 0. The van der Waals surface area contributed by atoms with Crippen LogP contribution in [-0.4, -0.2) is 0 Å². The monoisotopic (exact) mass is 158 g/mol. The first-order valence-corrected chi connectivity index (χ1v) is 0. The van der Waals surface area contributed by atoms with Gasteiger partial charge in [-0.15, -0.1) is 0 Å². The van der Waals surface area contributed by atoms with E-state index in [0.29, 0.717) is 0 Å². The molecule has 5 heteroatoms. The Morgan fingerprint density at radius 2 is 0.800 bits per heavy atom. The van der Waals surface area contributed by atoms with Crippen LogP contribution < -0.4 is 162 Å². The minimum Gasteiger partial charge on any atom is -2.00 e. The maximum atomic E-state index is 0. The molecule has 0 aromatic heterocycles. The second-order valence-corrected chi connectivity index (χ2v) is 0. The van der Waals surface area contributed by atoms with E-state index in [0.717, 1.165) is 0 Å². The van der Waals surface area contributed by atoms with E-state index in [4.69, 9.17) is 0 Å². The zero-order chi connectivity index (χ0) is 0. The van der Waals surface area contributed by atoms with Crippen LogP contribution in [0.4, 0.5) is 0 Å². The Labute approximate surface area is 172 Å². The van der Waals surface area contributed by atoms with Crippen LogP contribution in [0, 0.1) is 0 Å². The summed E-state index contributed by atoms with van der Waals surface area (Å²) >= 11 is 0. The van der Waals surface area contributed by atoms with E-state index in [1.165, 1.54) is 0 Å². The van der Waals surface area contributed by atoms with Crippen molar-refractivity contribution in [1.29, 1.82) is 0 Å². The smallest absolute Gasteiger partial charge is 1.00 e. The Balaban J connectivity index is 0. The van der Waals surface area contributed by atoms with Crippen LogP contribution in [0.2, 0.25) is 0 Å². The minimum absolute atomic E-state index is 0. The molecule has 0 N–H and O–H groups in total. The Kier molecular flexibility index (Phi) is 141. The fourth-order valence-electron chi connectivity index (χ4n) is 0. The summed E-state index contributed by atoms with van der Waals surface area (Å²) in [5.41, 5.74) is 0. The predicted octanol–water partition coefficient (Wildman–Crippen LogP) is -11.8. The summed E-state index contributed by atoms with van der Waals surface area (Å²) in [6.07, 6.45) is 0. The van der Waals surface area contributed by atoms with Crippen molar-refractivity contribution in [2.75, 3.05) is 0 Å². The fourth-order valence-corrected chi connectivity index (χ4v) is 0. The molecule has 12 valence electrons. The van der Waals surface area contributed by atoms with Gasteiger partial charge in [0.2, 0.25) is 0 Å². The molecule has 0 amide bonds. The zero-order valence-corrected chi connectivity index (χ0v) is 15.5. The first-order valence-electron chi connectivity index (χ1n) is 0. The Morgan fingerprint density at radius 3 is 0.800 bits per heavy atom. The molecule has 5 heavy (non-hydrogen) atoms. The Hall–Kier alpha value is 5.62. The van der Waals surface area contributed by atoms with Gasteiger partial charge in [0.15, 0.2) is 0 Å². The molecule has 0 saturated carbocycles. The molecular weight excluding hydrogens is 156 g/mol. The quantitative estimate of drug-likeness (QED) is 0.307. The third kappa shape index (κ3) is 17.7. The summed E-state index contributed by atoms with van der Waals surface area (Å²) in [6, 6.07) is 0. The van der Waals surface area contributed by atoms with Crippen molar-refractivity contribution in [2.24, 2.45) is 0 Å². The number of hydrogen-bond donors (Lipinski definition) is 0. The molecule has 0 aliphatic carbocycles. The first-order chi connectivity index (χ1) is 0. The molecule has 0 nitrogen and oxygen atoms in total. The molecule has 0 saturated heterocycles. The van der Waals surface area contributed by atoms with Crippen LogP contribution in [-0.2, 0) is 13.5 Å². The molecular formula is H2K2Na2S. The molecule has 0 atom stereocenters. The largest absolute Gasteiger partial charge is 2.00 e. The van der Waals surface area contributed by atoms with Crippen molar-refractivity contribution in [2.45, 2.75) is 0 Å². The standard InChI is InChI=1S/2K.2Na.S.2H/q4*+1;-2;2*-1. The molecule has 0 spiro atoms. The predicted molar refractivity (Wildman–Crippen MR) is 9.59 cm³/mol. The normalized spacial score (nSPS) is 0. The molecule has 0 bridgehead atoms. The summed E-state index contributed by atoms with van der Waals surface area (Å²) in [4.78, 5) is 0. The van der Waals surface area contributed by atoms with Gasteiger partial charge in [-0.1, -0.05) is 0 Å². The van der Waals surface area contributed by atoms with Gasteiger partial charge in [0, 0.05) is 0 Å². The van der Waals surface area contributed by atoms with Crippen LogP contribution >= 0.6 is 0 Å². The third-order valence-corrected chi connectivity index (χ3v) is 0. The zero-order valence-electron chi connectivity index (χ0n) is 6.41. The molecule has 0 fully saturated rings. The van der Waals surface area contributed by atoms with Crippen molar-refractivity contribution in [3.8, 4) is 0 Å². The molecule has 0 heterocycles. The van der Waals surface area contributed by atoms with Crippen molar-refractivity contribution in [1.82, 2.24) is 0 Å². The fraction of sp³-hybridized carbons (Fsp3) is 0. The van der Waals surface area contributed by atoms with Gasteiger partial charge >= 0.3 is 162 Å². The van der Waals surface area contributed by atoms with Gasteiger partial charge < -0.3 is 16.3 Å². The van der Waals surface area contributed by atoms with Gasteiger partial charge in [0.25, 0.3) is 0 Å². The number of rotatable bonds is 0. The van der Waals surface area contributed by atoms with Crippen LogP contribution in [0.25, 0.3) is 0 Å². The maximum absolute atomic E-state index is 0. The summed E-state index contributed by atoms with van der Waals surface area (Å²) in [7, 11) is 0. The molecule has 0 aliphatic heterocycles. The molecule has 0 aromatic rings. The van der Waals surface area contributed by atoms with Crippen molar-refractivity contribution in [3.63, 3.8) is 0 Å². The van der Waals surface area contributed by atoms with E-state index in [1.807, 2.05) is 0 Å². The van der Waals surface area contributed by atoms with Gasteiger partial charge in [-0.05, 0) is 0 Å². The van der Waals surface area contributed by atoms with Crippen molar-refractivity contribution in [3.05, 3.63) is 0 Å². The van der Waals surface area contributed by atoms with Gasteiger partial charge in [0.1, 0.15) is 0 Å². The van der Waals surface area contributed by atoms with Gasteiger partial charge in [-0.3, -0.25) is 0 Å². The third-order valence-electron chi connectivity index (χ3n) is 0. The second kappa shape index (κ2) is 22.6. The van der Waals surface area contributed by atoms with Crippen LogP contribution in [0.3, 0.4) is 0 Å². The van der Waals surface area contributed by atoms with Crippen molar-refractivity contribution >= 4 is 13.5 Å². The Morgan fingerprint density at radius 1 is 0.800 bits per heavy atom. The van der Waals surface area contributed by atoms with Crippen LogP contribution in [0.15, 0.2) is 0 Å². The van der Waals surface area contributed by atoms with E-state index in [1.54, 1.807) is 0 Å². The summed E-state index contributed by atoms with van der Waals surface area (Å²) in [5, 5.41) is 0. The molecule has 0 rings (SSSR count). The van der Waals surface area contributed by atoms with E-state index in [2.05, 4.69) is 0 Å². The van der Waals surface area contributed by atoms with Gasteiger partial charge in [-0.2, -0.15) is 0 Å². The van der Waals surface area contributed by atoms with Gasteiger partial charge in [-0.25, -0.2) is 0 Å². The SMILES string of the molecule is [H-].[H-].[K+].[K+].[Na+].[Na+].[S-2]. The minimum atomic E-state index is 0. The molecule has 0 aliphatic rings. The van der Waals surface area contributed by atoms with E-state index < -0.39 is 0 Å². The topological polar surface area (TPSA) is 0 Å². The first kappa shape index (κ1) is 31.1. The molecule has 0 aromatic carbocycles. The van der Waals surface area contributed by atoms with E-state index >= 15 is 0 Å². The van der Waals surface area contributed by atoms with Crippen LogP contribution in [0.5, 0.6) is 0 Å².